The van der Waals surface area contributed by atoms with Crippen molar-refractivity contribution in [3.8, 4) is 0 Å². The van der Waals surface area contributed by atoms with Crippen LogP contribution in [0.15, 0.2) is 0 Å². The highest BCUT2D eigenvalue weighted by atomic mass is 16.6. The summed E-state index contributed by atoms with van der Waals surface area (Å²) < 4.78 is 5.46. The Labute approximate surface area is 156 Å². The molecule has 0 aromatic carbocycles. The summed E-state index contributed by atoms with van der Waals surface area (Å²) in [5.74, 6) is 0.468. The lowest BCUT2D eigenvalue weighted by atomic mass is 9.85. The lowest BCUT2D eigenvalue weighted by Crippen LogP contribution is -2.48. The first-order chi connectivity index (χ1) is 12.1. The minimum Gasteiger partial charge on any atom is -0.444 e. The van der Waals surface area contributed by atoms with Crippen molar-refractivity contribution in [3.63, 3.8) is 0 Å². The minimum atomic E-state index is -0.541. The molecule has 6 heteroatoms. The van der Waals surface area contributed by atoms with Gasteiger partial charge in [0.1, 0.15) is 5.60 Å². The summed E-state index contributed by atoms with van der Waals surface area (Å²) in [6.07, 6.45) is 5.40. The SMILES string of the molecule is CC(=O)[C@H](C1CCCC1)N1CC[C@]2(CCN(C(=O)OC(C)(C)C)C2)C1=O. The molecule has 2 aliphatic heterocycles. The third-order valence-electron chi connectivity index (χ3n) is 6.15. The number of amides is 2. The van der Waals surface area contributed by atoms with Gasteiger partial charge in [-0.1, -0.05) is 12.8 Å². The molecule has 0 unspecified atom stereocenters. The number of nitrogens with zero attached hydrogens (tertiary/aromatic N) is 2. The van der Waals surface area contributed by atoms with Gasteiger partial charge in [0.25, 0.3) is 0 Å². The maximum atomic E-state index is 13.3. The summed E-state index contributed by atoms with van der Waals surface area (Å²) in [5, 5.41) is 0. The molecule has 1 spiro atoms. The summed E-state index contributed by atoms with van der Waals surface area (Å²) in [6.45, 7) is 8.73. The molecule has 2 atom stereocenters. The van der Waals surface area contributed by atoms with Gasteiger partial charge in [0.2, 0.25) is 5.91 Å². The van der Waals surface area contributed by atoms with E-state index < -0.39 is 11.0 Å². The second-order valence-electron chi connectivity index (χ2n) is 9.28. The molecule has 0 radical (unpaired) electrons. The summed E-state index contributed by atoms with van der Waals surface area (Å²) in [4.78, 5) is 41.5. The Morgan fingerprint density at radius 2 is 1.77 bits per heavy atom. The Kier molecular flexibility index (Phi) is 5.06. The molecule has 146 valence electrons. The zero-order chi connectivity index (χ0) is 19.1. The predicted octanol–water partition coefficient (Wildman–Crippen LogP) is 2.99. The number of ketones is 1. The molecule has 3 aliphatic rings. The maximum Gasteiger partial charge on any atom is 0.410 e. The monoisotopic (exact) mass is 364 g/mol. The average Bonchev–Trinajstić information content (AvgIpc) is 3.24. The van der Waals surface area contributed by atoms with Gasteiger partial charge in [-0.2, -0.15) is 0 Å². The molecular weight excluding hydrogens is 332 g/mol. The molecule has 2 saturated heterocycles. The van der Waals surface area contributed by atoms with Crippen molar-refractivity contribution in [1.82, 2.24) is 9.80 Å². The van der Waals surface area contributed by atoms with Crippen molar-refractivity contribution < 1.29 is 19.1 Å². The van der Waals surface area contributed by atoms with E-state index in [0.29, 0.717) is 32.0 Å². The van der Waals surface area contributed by atoms with E-state index in [0.717, 1.165) is 32.1 Å². The maximum absolute atomic E-state index is 13.3. The van der Waals surface area contributed by atoms with Crippen LogP contribution >= 0.6 is 0 Å². The van der Waals surface area contributed by atoms with Crippen LogP contribution in [0.2, 0.25) is 0 Å². The second kappa shape index (κ2) is 6.86. The van der Waals surface area contributed by atoms with Crippen molar-refractivity contribution in [2.45, 2.75) is 77.9 Å². The number of Topliss-reactive ketones (excluding diaryl/α,β-unsaturated/α-hetero) is 1. The molecule has 0 bridgehead atoms. The predicted molar refractivity (Wildman–Crippen MR) is 97.6 cm³/mol. The highest BCUT2D eigenvalue weighted by Gasteiger charge is 2.54. The van der Waals surface area contributed by atoms with Crippen LogP contribution in [0.1, 0.15) is 66.2 Å². The molecule has 0 aromatic heterocycles. The van der Waals surface area contributed by atoms with E-state index in [-0.39, 0.29) is 23.8 Å². The van der Waals surface area contributed by atoms with Gasteiger partial charge in [-0.05, 0) is 59.3 Å². The van der Waals surface area contributed by atoms with Crippen molar-refractivity contribution in [1.29, 1.82) is 0 Å². The van der Waals surface area contributed by atoms with Gasteiger partial charge in [-0.25, -0.2) is 4.79 Å². The Hall–Kier alpha value is -1.59. The molecule has 0 N–H and O–H groups in total. The van der Waals surface area contributed by atoms with Gasteiger partial charge >= 0.3 is 6.09 Å². The van der Waals surface area contributed by atoms with Gasteiger partial charge < -0.3 is 14.5 Å². The Morgan fingerprint density at radius 1 is 1.15 bits per heavy atom. The number of carbonyl (C=O) groups is 3. The molecule has 0 aromatic rings. The fourth-order valence-electron chi connectivity index (χ4n) is 4.93. The van der Waals surface area contributed by atoms with Gasteiger partial charge in [-0.15, -0.1) is 0 Å². The van der Waals surface area contributed by atoms with E-state index in [4.69, 9.17) is 4.74 Å². The third kappa shape index (κ3) is 3.60. The lowest BCUT2D eigenvalue weighted by Gasteiger charge is -2.32. The molecule has 2 heterocycles. The first kappa shape index (κ1) is 19.2. The summed E-state index contributed by atoms with van der Waals surface area (Å²) in [5.41, 5.74) is -1.07. The summed E-state index contributed by atoms with van der Waals surface area (Å²) in [7, 11) is 0. The number of carbonyl (C=O) groups excluding carboxylic acids is 3. The van der Waals surface area contributed by atoms with Crippen molar-refractivity contribution in [2.75, 3.05) is 19.6 Å². The minimum absolute atomic E-state index is 0.0654. The quantitative estimate of drug-likeness (QED) is 0.772. The third-order valence-corrected chi connectivity index (χ3v) is 6.15. The van der Waals surface area contributed by atoms with Gasteiger partial charge in [0.15, 0.2) is 5.78 Å². The number of hydrogen-bond donors (Lipinski definition) is 0. The highest BCUT2D eigenvalue weighted by Crippen LogP contribution is 2.44. The number of hydrogen-bond acceptors (Lipinski definition) is 4. The normalized spacial score (nSPS) is 28.2. The zero-order valence-corrected chi connectivity index (χ0v) is 16.5. The van der Waals surface area contributed by atoms with Gasteiger partial charge in [0, 0.05) is 19.6 Å². The van der Waals surface area contributed by atoms with E-state index >= 15 is 0 Å². The van der Waals surface area contributed by atoms with Gasteiger partial charge in [-0.3, -0.25) is 9.59 Å². The molecule has 26 heavy (non-hydrogen) atoms. The van der Waals surface area contributed by atoms with Crippen molar-refractivity contribution in [3.05, 3.63) is 0 Å². The molecule has 3 fully saturated rings. The fraction of sp³-hybridized carbons (Fsp3) is 0.850. The fourth-order valence-corrected chi connectivity index (χ4v) is 4.93. The molecule has 3 rings (SSSR count). The molecule has 1 aliphatic carbocycles. The summed E-state index contributed by atoms with van der Waals surface area (Å²) in [6, 6.07) is -0.278. The molecule has 1 saturated carbocycles. The lowest BCUT2D eigenvalue weighted by molar-refractivity contribution is -0.142. The Bertz CT molecular complexity index is 591. The second-order valence-corrected chi connectivity index (χ2v) is 9.28. The number of likely N-dealkylation sites (tertiary alicyclic amines) is 2. The largest absolute Gasteiger partial charge is 0.444 e. The Morgan fingerprint density at radius 3 is 2.35 bits per heavy atom. The van der Waals surface area contributed by atoms with Crippen LogP contribution in [-0.2, 0) is 14.3 Å². The average molecular weight is 364 g/mol. The van der Waals surface area contributed by atoms with Crippen LogP contribution in [0.3, 0.4) is 0 Å². The van der Waals surface area contributed by atoms with Crippen LogP contribution < -0.4 is 0 Å². The topological polar surface area (TPSA) is 66.9 Å². The van der Waals surface area contributed by atoms with E-state index in [1.807, 2.05) is 25.7 Å². The zero-order valence-electron chi connectivity index (χ0n) is 16.5. The van der Waals surface area contributed by atoms with Crippen LogP contribution in [0.4, 0.5) is 4.79 Å². The molecule has 6 nitrogen and oxygen atoms in total. The first-order valence-electron chi connectivity index (χ1n) is 9.92. The van der Waals surface area contributed by atoms with E-state index in [1.165, 1.54) is 0 Å². The summed E-state index contributed by atoms with van der Waals surface area (Å²) >= 11 is 0. The van der Waals surface area contributed by atoms with E-state index in [9.17, 15) is 14.4 Å². The van der Waals surface area contributed by atoms with E-state index in [1.54, 1.807) is 11.8 Å². The highest BCUT2D eigenvalue weighted by molar-refractivity contribution is 5.92. The van der Waals surface area contributed by atoms with Crippen LogP contribution in [0, 0.1) is 11.3 Å². The Balaban J connectivity index is 1.70. The van der Waals surface area contributed by atoms with Crippen LogP contribution in [-0.4, -0.2) is 58.9 Å². The first-order valence-corrected chi connectivity index (χ1v) is 9.92. The molecular formula is C20H32N2O4. The number of rotatable bonds is 3. The molecule has 2 amide bonds. The standard InChI is InChI=1S/C20H32N2O4/c1-14(23)16(15-7-5-6-8-15)22-12-10-20(17(22)24)9-11-21(13-20)18(25)26-19(2,3)4/h15-16H,5-13H2,1-4H3/t16-,20+/m1/s1. The van der Waals surface area contributed by atoms with E-state index in [2.05, 4.69) is 0 Å². The van der Waals surface area contributed by atoms with Crippen molar-refractivity contribution in [2.24, 2.45) is 11.3 Å². The van der Waals surface area contributed by atoms with Crippen LogP contribution in [0.5, 0.6) is 0 Å². The van der Waals surface area contributed by atoms with Gasteiger partial charge in [0.05, 0.1) is 11.5 Å². The number of ether oxygens (including phenoxy) is 1. The van der Waals surface area contributed by atoms with Crippen LogP contribution in [0.25, 0.3) is 0 Å². The van der Waals surface area contributed by atoms with Crippen molar-refractivity contribution >= 4 is 17.8 Å². The smallest absolute Gasteiger partial charge is 0.410 e.